The van der Waals surface area contributed by atoms with E-state index < -0.39 is 0 Å². The van der Waals surface area contributed by atoms with Gasteiger partial charge in [-0.1, -0.05) is 6.07 Å². The maximum atomic E-state index is 12.4. The summed E-state index contributed by atoms with van der Waals surface area (Å²) in [5.74, 6) is -0.324. The Morgan fingerprint density at radius 2 is 2.30 bits per heavy atom. The van der Waals surface area contributed by atoms with E-state index in [0.29, 0.717) is 17.0 Å². The summed E-state index contributed by atoms with van der Waals surface area (Å²) in [6, 6.07) is 5.82. The van der Waals surface area contributed by atoms with Crippen LogP contribution in [0.15, 0.2) is 28.6 Å². The van der Waals surface area contributed by atoms with Crippen LogP contribution in [-0.4, -0.2) is 0 Å². The molecule has 0 heterocycles. The van der Waals surface area contributed by atoms with Crippen LogP contribution in [0.3, 0.4) is 0 Å². The van der Waals surface area contributed by atoms with Crippen LogP contribution >= 0.6 is 0 Å². The fraction of sp³-hybridized carbons (Fsp3) is 0. The van der Waals surface area contributed by atoms with Gasteiger partial charge < -0.3 is 0 Å². The normalized spacial score (nSPS) is 8.90. The van der Waals surface area contributed by atoms with E-state index >= 15 is 0 Å². The molecule has 0 atom stereocenters. The van der Waals surface area contributed by atoms with Crippen molar-refractivity contribution in [3.63, 3.8) is 0 Å². The standard InChI is InChI=1S/C6H5FN2S/c7-5-2-1-3-6(4-5)9-10-8/h1-4,8H. The summed E-state index contributed by atoms with van der Waals surface area (Å²) in [5.41, 5.74) is 0.486. The Kier molecular flexibility index (Phi) is 2.28. The number of halogens is 1. The highest BCUT2D eigenvalue weighted by atomic mass is 32.1. The number of benzene rings is 1. The van der Waals surface area contributed by atoms with Crippen molar-refractivity contribution in [2.24, 2.45) is 4.36 Å². The van der Waals surface area contributed by atoms with Gasteiger partial charge in [0, 0.05) is 6.07 Å². The highest BCUT2D eigenvalue weighted by Gasteiger charge is 1.89. The minimum Gasteiger partial charge on any atom is -0.229 e. The Bertz CT molecular complexity index is 281. The molecular formula is C6H5FN2S. The number of nitrogens with zero attached hydrogens (tertiary/aromatic N) is 1. The highest BCUT2D eigenvalue weighted by molar-refractivity contribution is 7.56. The van der Waals surface area contributed by atoms with E-state index in [2.05, 4.69) is 4.36 Å². The van der Waals surface area contributed by atoms with E-state index in [1.807, 2.05) is 0 Å². The van der Waals surface area contributed by atoms with Gasteiger partial charge in [0.05, 0.1) is 17.0 Å². The molecule has 0 aliphatic carbocycles. The topological polar surface area (TPSA) is 36.2 Å². The van der Waals surface area contributed by atoms with Crippen LogP contribution in [0.1, 0.15) is 0 Å². The van der Waals surface area contributed by atoms with Crippen molar-refractivity contribution in [1.29, 1.82) is 4.78 Å². The summed E-state index contributed by atoms with van der Waals surface area (Å²) in [7, 11) is 0. The first kappa shape index (κ1) is 7.08. The van der Waals surface area contributed by atoms with Crippen molar-refractivity contribution in [3.05, 3.63) is 30.1 Å². The molecule has 52 valence electrons. The molecule has 0 radical (unpaired) electrons. The second-order valence-electron chi connectivity index (χ2n) is 1.66. The molecule has 1 aromatic carbocycles. The van der Waals surface area contributed by atoms with Crippen LogP contribution in [-0.2, 0) is 11.4 Å². The lowest BCUT2D eigenvalue weighted by Gasteiger charge is -1.87. The molecule has 4 heteroatoms. The molecule has 0 saturated heterocycles. The maximum Gasteiger partial charge on any atom is 0.125 e. The molecule has 0 amide bonds. The molecule has 0 fully saturated rings. The predicted octanol–water partition coefficient (Wildman–Crippen LogP) is 2.49. The lowest BCUT2D eigenvalue weighted by atomic mass is 10.3. The Balaban J connectivity index is 3.06. The van der Waals surface area contributed by atoms with Crippen molar-refractivity contribution >= 4 is 17.0 Å². The summed E-state index contributed by atoms with van der Waals surface area (Å²) >= 11 is 0.572. The highest BCUT2D eigenvalue weighted by Crippen LogP contribution is 2.11. The van der Waals surface area contributed by atoms with Crippen LogP contribution in [0.25, 0.3) is 0 Å². The lowest BCUT2D eigenvalue weighted by molar-refractivity contribution is 0.628. The molecule has 0 saturated carbocycles. The third-order valence-corrected chi connectivity index (χ3v) is 1.26. The molecule has 0 spiro atoms. The quantitative estimate of drug-likeness (QED) is 0.648. The van der Waals surface area contributed by atoms with Crippen molar-refractivity contribution in [2.75, 3.05) is 0 Å². The smallest absolute Gasteiger partial charge is 0.125 e. The molecule has 0 unspecified atom stereocenters. The van der Waals surface area contributed by atoms with Crippen LogP contribution in [0.4, 0.5) is 10.1 Å². The first-order valence-corrected chi connectivity index (χ1v) is 3.39. The monoisotopic (exact) mass is 156 g/mol. The van der Waals surface area contributed by atoms with Gasteiger partial charge in [0.25, 0.3) is 0 Å². The summed E-state index contributed by atoms with van der Waals surface area (Å²) in [5, 5.41) is 0. The third-order valence-electron chi connectivity index (χ3n) is 0.959. The number of hydrogen-bond acceptors (Lipinski definition) is 2. The molecule has 0 aliphatic heterocycles. The summed E-state index contributed by atoms with van der Waals surface area (Å²) < 4.78 is 22.6. The summed E-state index contributed by atoms with van der Waals surface area (Å²) in [6.07, 6.45) is 0. The minimum atomic E-state index is -0.324. The van der Waals surface area contributed by atoms with Crippen molar-refractivity contribution in [2.45, 2.75) is 0 Å². The summed E-state index contributed by atoms with van der Waals surface area (Å²) in [4.78, 5) is 0. The summed E-state index contributed by atoms with van der Waals surface area (Å²) in [6.45, 7) is 0. The zero-order chi connectivity index (χ0) is 7.40. The average Bonchev–Trinajstić information content (AvgIpc) is 1.88. The van der Waals surface area contributed by atoms with Gasteiger partial charge in [0.15, 0.2) is 0 Å². The Morgan fingerprint density at radius 3 is 2.90 bits per heavy atom. The molecule has 2 nitrogen and oxygen atoms in total. The van der Waals surface area contributed by atoms with Crippen molar-refractivity contribution < 1.29 is 4.39 Å². The van der Waals surface area contributed by atoms with Crippen LogP contribution in [0.2, 0.25) is 0 Å². The largest absolute Gasteiger partial charge is 0.229 e. The van der Waals surface area contributed by atoms with Crippen LogP contribution in [0.5, 0.6) is 0 Å². The maximum absolute atomic E-state index is 12.4. The predicted molar refractivity (Wildman–Crippen MR) is 38.6 cm³/mol. The molecular weight excluding hydrogens is 151 g/mol. The molecule has 1 aromatic rings. The van der Waals surface area contributed by atoms with Gasteiger partial charge in [-0.2, -0.15) is 4.36 Å². The zero-order valence-electron chi connectivity index (χ0n) is 5.04. The Labute approximate surface area is 61.4 Å². The molecule has 10 heavy (non-hydrogen) atoms. The number of rotatable bonds is 1. The van der Waals surface area contributed by atoms with Gasteiger partial charge in [-0.05, 0) is 12.1 Å². The lowest BCUT2D eigenvalue weighted by Crippen LogP contribution is -1.68. The van der Waals surface area contributed by atoms with Crippen LogP contribution in [0, 0.1) is 10.6 Å². The fourth-order valence-electron chi connectivity index (χ4n) is 0.586. The van der Waals surface area contributed by atoms with Gasteiger partial charge in [0.2, 0.25) is 0 Å². The molecule has 1 N–H and O–H groups in total. The molecule has 1 rings (SSSR count). The van der Waals surface area contributed by atoms with E-state index in [1.54, 1.807) is 12.1 Å². The van der Waals surface area contributed by atoms with E-state index in [4.69, 9.17) is 4.78 Å². The second-order valence-corrected chi connectivity index (χ2v) is 2.03. The van der Waals surface area contributed by atoms with Crippen LogP contribution < -0.4 is 0 Å². The van der Waals surface area contributed by atoms with Gasteiger partial charge in [-0.3, -0.25) is 0 Å². The Hall–Kier alpha value is -1.03. The van der Waals surface area contributed by atoms with E-state index in [0.717, 1.165) is 0 Å². The minimum absolute atomic E-state index is 0.324. The van der Waals surface area contributed by atoms with Gasteiger partial charge in [-0.15, -0.1) is 0 Å². The number of hydrogen-bond donors (Lipinski definition) is 1. The van der Waals surface area contributed by atoms with Crippen molar-refractivity contribution in [1.82, 2.24) is 0 Å². The first-order valence-electron chi connectivity index (χ1n) is 2.62. The number of nitrogens with one attached hydrogen (secondary N) is 1. The van der Waals surface area contributed by atoms with Crippen molar-refractivity contribution in [3.8, 4) is 0 Å². The third kappa shape index (κ3) is 1.73. The van der Waals surface area contributed by atoms with E-state index in [9.17, 15) is 4.39 Å². The van der Waals surface area contributed by atoms with E-state index in [1.165, 1.54) is 12.1 Å². The van der Waals surface area contributed by atoms with Gasteiger partial charge >= 0.3 is 0 Å². The second kappa shape index (κ2) is 3.22. The fourth-order valence-corrected chi connectivity index (χ4v) is 0.805. The molecule has 0 bridgehead atoms. The van der Waals surface area contributed by atoms with E-state index in [-0.39, 0.29) is 5.82 Å². The first-order chi connectivity index (χ1) is 4.83. The SMILES string of the molecule is N=S=Nc1cccc(F)c1. The molecule has 0 aliphatic rings. The molecule has 0 aromatic heterocycles. The van der Waals surface area contributed by atoms with Gasteiger partial charge in [-0.25, -0.2) is 9.17 Å². The van der Waals surface area contributed by atoms with Gasteiger partial charge in [0.1, 0.15) is 5.82 Å². The Morgan fingerprint density at radius 1 is 1.50 bits per heavy atom. The zero-order valence-corrected chi connectivity index (χ0v) is 5.86. The average molecular weight is 156 g/mol.